The number of nitrogens with zero attached hydrogens (tertiary/aromatic N) is 5. The monoisotopic (exact) mass is 375 g/mol. The first kappa shape index (κ1) is 14.7. The molecule has 0 saturated carbocycles. The summed E-state index contributed by atoms with van der Waals surface area (Å²) in [5.41, 5.74) is -0.0149. The van der Waals surface area contributed by atoms with Gasteiger partial charge in [0.25, 0.3) is 5.56 Å². The molecule has 0 radical (unpaired) electrons. The van der Waals surface area contributed by atoms with E-state index in [1.165, 1.54) is 0 Å². The molecular weight excluding hydrogens is 358 g/mol. The molecule has 0 bridgehead atoms. The zero-order valence-electron chi connectivity index (χ0n) is 12.9. The summed E-state index contributed by atoms with van der Waals surface area (Å²) in [5, 5.41) is 0. The molecule has 120 valence electrons. The summed E-state index contributed by atoms with van der Waals surface area (Å²) in [7, 11) is 1.77. The molecular formula is C16H18BrN5O. The summed E-state index contributed by atoms with van der Waals surface area (Å²) >= 11 is 3.42. The van der Waals surface area contributed by atoms with Crippen molar-refractivity contribution in [3.05, 3.63) is 45.5 Å². The van der Waals surface area contributed by atoms with Gasteiger partial charge in [-0.1, -0.05) is 0 Å². The zero-order chi connectivity index (χ0) is 16.0. The maximum absolute atomic E-state index is 12.2. The SMILES string of the molecule is Cn1ccnc(N2CC3CN(c4ccc(Br)cn4)CC3C2)c1=O. The molecule has 2 saturated heterocycles. The molecule has 2 aliphatic heterocycles. The van der Waals surface area contributed by atoms with Gasteiger partial charge < -0.3 is 14.4 Å². The van der Waals surface area contributed by atoms with Crippen molar-refractivity contribution in [1.29, 1.82) is 0 Å². The lowest BCUT2D eigenvalue weighted by Gasteiger charge is -2.22. The predicted octanol–water partition coefficient (Wildman–Crippen LogP) is 1.51. The maximum Gasteiger partial charge on any atom is 0.293 e. The van der Waals surface area contributed by atoms with Crippen molar-refractivity contribution in [3.63, 3.8) is 0 Å². The number of hydrogen-bond acceptors (Lipinski definition) is 5. The number of hydrogen-bond donors (Lipinski definition) is 0. The second kappa shape index (κ2) is 5.63. The van der Waals surface area contributed by atoms with Crippen LogP contribution in [0.15, 0.2) is 40.0 Å². The van der Waals surface area contributed by atoms with Crippen LogP contribution in [0.4, 0.5) is 11.6 Å². The molecule has 7 heteroatoms. The highest BCUT2D eigenvalue weighted by atomic mass is 79.9. The molecule has 23 heavy (non-hydrogen) atoms. The molecule has 2 aliphatic rings. The van der Waals surface area contributed by atoms with Gasteiger partial charge in [0.1, 0.15) is 5.82 Å². The van der Waals surface area contributed by atoms with Crippen LogP contribution in [-0.2, 0) is 7.05 Å². The van der Waals surface area contributed by atoms with Gasteiger partial charge in [0.05, 0.1) is 0 Å². The summed E-state index contributed by atoms with van der Waals surface area (Å²) in [4.78, 5) is 25.5. The molecule has 2 aromatic rings. The van der Waals surface area contributed by atoms with Gasteiger partial charge in [-0.25, -0.2) is 9.97 Å². The minimum Gasteiger partial charge on any atom is -0.356 e. The molecule has 2 fully saturated rings. The number of anilines is 2. The molecule has 2 atom stereocenters. The molecule has 6 nitrogen and oxygen atoms in total. The Kier molecular flexibility index (Phi) is 3.60. The third kappa shape index (κ3) is 2.63. The fraction of sp³-hybridized carbons (Fsp3) is 0.438. The van der Waals surface area contributed by atoms with Gasteiger partial charge in [-0.15, -0.1) is 0 Å². The summed E-state index contributed by atoms with van der Waals surface area (Å²) in [5.74, 6) is 2.74. The van der Waals surface area contributed by atoms with E-state index in [1.807, 2.05) is 12.3 Å². The largest absolute Gasteiger partial charge is 0.356 e. The van der Waals surface area contributed by atoms with E-state index < -0.39 is 0 Å². The van der Waals surface area contributed by atoms with E-state index >= 15 is 0 Å². The van der Waals surface area contributed by atoms with Gasteiger partial charge in [0.2, 0.25) is 0 Å². The van der Waals surface area contributed by atoms with E-state index in [1.54, 1.807) is 24.0 Å². The smallest absolute Gasteiger partial charge is 0.293 e. The van der Waals surface area contributed by atoms with E-state index in [0.717, 1.165) is 36.5 Å². The Morgan fingerprint density at radius 2 is 1.78 bits per heavy atom. The van der Waals surface area contributed by atoms with Crippen LogP contribution in [-0.4, -0.2) is 40.7 Å². The van der Waals surface area contributed by atoms with Crippen LogP contribution >= 0.6 is 15.9 Å². The van der Waals surface area contributed by atoms with Gasteiger partial charge in [0.15, 0.2) is 5.82 Å². The Labute approximate surface area is 142 Å². The van der Waals surface area contributed by atoms with E-state index in [-0.39, 0.29) is 5.56 Å². The quantitative estimate of drug-likeness (QED) is 0.796. The van der Waals surface area contributed by atoms with E-state index in [0.29, 0.717) is 17.7 Å². The minimum atomic E-state index is -0.0149. The second-order valence-corrected chi connectivity index (χ2v) is 7.25. The van der Waals surface area contributed by atoms with Crippen LogP contribution in [0.2, 0.25) is 0 Å². The average Bonchev–Trinajstić information content (AvgIpc) is 3.09. The first-order valence-electron chi connectivity index (χ1n) is 7.75. The lowest BCUT2D eigenvalue weighted by Crippen LogP contribution is -2.34. The van der Waals surface area contributed by atoms with Crippen LogP contribution in [0.1, 0.15) is 0 Å². The fourth-order valence-electron chi connectivity index (χ4n) is 3.61. The van der Waals surface area contributed by atoms with Crippen molar-refractivity contribution in [3.8, 4) is 0 Å². The highest BCUT2D eigenvalue weighted by molar-refractivity contribution is 9.10. The summed E-state index contributed by atoms with van der Waals surface area (Å²) in [6.07, 6.45) is 5.24. The molecule has 0 aliphatic carbocycles. The third-order valence-corrected chi connectivity index (χ3v) is 5.29. The van der Waals surface area contributed by atoms with Crippen molar-refractivity contribution in [1.82, 2.24) is 14.5 Å². The number of aromatic nitrogens is 3. The molecule has 2 unspecified atom stereocenters. The highest BCUT2D eigenvalue weighted by Gasteiger charge is 2.41. The van der Waals surface area contributed by atoms with Crippen LogP contribution in [0.25, 0.3) is 0 Å². The van der Waals surface area contributed by atoms with Crippen molar-refractivity contribution in [2.75, 3.05) is 36.0 Å². The lowest BCUT2D eigenvalue weighted by molar-refractivity contribution is 0.533. The normalized spacial score (nSPS) is 23.4. The second-order valence-electron chi connectivity index (χ2n) is 6.33. The predicted molar refractivity (Wildman–Crippen MR) is 92.8 cm³/mol. The molecule has 4 rings (SSSR count). The van der Waals surface area contributed by atoms with Crippen molar-refractivity contribution in [2.24, 2.45) is 18.9 Å². The Morgan fingerprint density at radius 1 is 1.09 bits per heavy atom. The van der Waals surface area contributed by atoms with Gasteiger partial charge >= 0.3 is 0 Å². The topological polar surface area (TPSA) is 54.3 Å². The number of rotatable bonds is 2. The third-order valence-electron chi connectivity index (χ3n) is 4.82. The Morgan fingerprint density at radius 3 is 2.43 bits per heavy atom. The molecule has 2 aromatic heterocycles. The lowest BCUT2D eigenvalue weighted by atomic mass is 10.0. The van der Waals surface area contributed by atoms with E-state index in [9.17, 15) is 4.79 Å². The van der Waals surface area contributed by atoms with Gasteiger partial charge in [-0.2, -0.15) is 0 Å². The first-order chi connectivity index (χ1) is 11.1. The van der Waals surface area contributed by atoms with E-state index in [2.05, 4.69) is 41.8 Å². The van der Waals surface area contributed by atoms with Gasteiger partial charge in [0, 0.05) is 68.1 Å². The summed E-state index contributed by atoms with van der Waals surface area (Å²) in [6, 6.07) is 4.08. The minimum absolute atomic E-state index is 0.0149. The number of pyridine rings is 1. The fourth-order valence-corrected chi connectivity index (χ4v) is 3.84. The van der Waals surface area contributed by atoms with Gasteiger partial charge in [-0.05, 0) is 28.1 Å². The van der Waals surface area contributed by atoms with Crippen molar-refractivity contribution < 1.29 is 0 Å². The van der Waals surface area contributed by atoms with Crippen LogP contribution in [0.3, 0.4) is 0 Å². The van der Waals surface area contributed by atoms with E-state index in [4.69, 9.17) is 0 Å². The average molecular weight is 376 g/mol. The number of aryl methyl sites for hydroxylation is 1. The molecule has 0 amide bonds. The molecule has 4 heterocycles. The van der Waals surface area contributed by atoms with Crippen LogP contribution < -0.4 is 15.4 Å². The summed E-state index contributed by atoms with van der Waals surface area (Å²) in [6.45, 7) is 3.76. The molecule has 0 spiro atoms. The Hall–Kier alpha value is -1.89. The Balaban J connectivity index is 1.49. The first-order valence-corrected chi connectivity index (χ1v) is 8.54. The van der Waals surface area contributed by atoms with Crippen LogP contribution in [0.5, 0.6) is 0 Å². The highest BCUT2D eigenvalue weighted by Crippen LogP contribution is 2.34. The summed E-state index contributed by atoms with van der Waals surface area (Å²) < 4.78 is 2.59. The molecule has 0 N–H and O–H groups in total. The molecule has 0 aromatic carbocycles. The van der Waals surface area contributed by atoms with Gasteiger partial charge in [-0.3, -0.25) is 4.79 Å². The standard InChI is InChI=1S/C16H18BrN5O/c1-20-5-4-18-15(16(20)23)22-9-11-7-21(8-12(11)10-22)14-3-2-13(17)6-19-14/h2-6,11-12H,7-10H2,1H3. The van der Waals surface area contributed by atoms with Crippen LogP contribution in [0, 0.1) is 11.8 Å². The number of halogens is 1. The Bertz CT molecular complexity index is 761. The maximum atomic E-state index is 12.2. The zero-order valence-corrected chi connectivity index (χ0v) is 14.5. The van der Waals surface area contributed by atoms with Crippen molar-refractivity contribution >= 4 is 27.6 Å². The van der Waals surface area contributed by atoms with Crippen molar-refractivity contribution in [2.45, 2.75) is 0 Å². The number of fused-ring (bicyclic) bond motifs is 1.